The van der Waals surface area contributed by atoms with Crippen molar-refractivity contribution in [3.63, 3.8) is 0 Å². The van der Waals surface area contributed by atoms with Crippen molar-refractivity contribution in [2.45, 2.75) is 83.9 Å². The number of fused-ring (bicyclic) bond motifs is 1. The molecule has 7 nitrogen and oxygen atoms in total. The van der Waals surface area contributed by atoms with Crippen LogP contribution in [-0.4, -0.2) is 47.8 Å². The second-order valence-corrected chi connectivity index (χ2v) is 14.1. The van der Waals surface area contributed by atoms with Gasteiger partial charge in [-0.05, 0) is 78.8 Å². The van der Waals surface area contributed by atoms with Crippen molar-refractivity contribution < 1.29 is 18.7 Å². The van der Waals surface area contributed by atoms with Gasteiger partial charge in [-0.2, -0.15) is 0 Å². The molecule has 1 saturated carbocycles. The molecule has 42 heavy (non-hydrogen) atoms. The van der Waals surface area contributed by atoms with Gasteiger partial charge in [0.15, 0.2) is 0 Å². The number of thiazole rings is 1. The maximum absolute atomic E-state index is 14.7. The minimum absolute atomic E-state index is 0.0255. The highest BCUT2D eigenvalue weighted by Gasteiger charge is 2.46. The maximum Gasteiger partial charge on any atom is 0.246 e. The van der Waals surface area contributed by atoms with Gasteiger partial charge in [0.25, 0.3) is 0 Å². The zero-order valence-electron chi connectivity index (χ0n) is 25.3. The number of ether oxygens (including phenoxy) is 2. The van der Waals surface area contributed by atoms with Crippen molar-refractivity contribution in [3.05, 3.63) is 64.5 Å². The quantitative estimate of drug-likeness (QED) is 0.272. The Morgan fingerprint density at radius 3 is 2.69 bits per heavy atom. The normalized spacial score (nSPS) is 19.0. The van der Waals surface area contributed by atoms with E-state index in [-0.39, 0.29) is 47.3 Å². The van der Waals surface area contributed by atoms with Crippen LogP contribution in [0.5, 0.6) is 5.88 Å². The van der Waals surface area contributed by atoms with Gasteiger partial charge in [0.05, 0.1) is 0 Å². The van der Waals surface area contributed by atoms with E-state index in [1.165, 1.54) is 36.5 Å². The molecule has 1 unspecified atom stereocenters. The van der Waals surface area contributed by atoms with Gasteiger partial charge in [0.1, 0.15) is 23.0 Å². The molecule has 1 aromatic carbocycles. The fraction of sp³-hybridized carbons (Fsp3) is 0.545. The molecule has 0 radical (unpaired) electrons. The highest BCUT2D eigenvalue weighted by molar-refractivity contribution is 7.13. The van der Waals surface area contributed by atoms with Gasteiger partial charge in [-0.3, -0.25) is 4.79 Å². The van der Waals surface area contributed by atoms with Crippen LogP contribution in [0.2, 0.25) is 0 Å². The van der Waals surface area contributed by atoms with Crippen LogP contribution in [0.25, 0.3) is 10.6 Å². The van der Waals surface area contributed by atoms with Crippen LogP contribution in [-0.2, 0) is 22.4 Å². The number of methoxy groups -OCH3 is 1. The minimum Gasteiger partial charge on any atom is -0.471 e. The van der Waals surface area contributed by atoms with E-state index in [9.17, 15) is 9.18 Å². The van der Waals surface area contributed by atoms with Crippen LogP contribution in [0.15, 0.2) is 42.0 Å². The molecule has 2 aliphatic rings. The van der Waals surface area contributed by atoms with Crippen molar-refractivity contribution in [2.24, 2.45) is 11.3 Å². The first-order chi connectivity index (χ1) is 20.0. The lowest BCUT2D eigenvalue weighted by Gasteiger charge is -2.47. The van der Waals surface area contributed by atoms with Gasteiger partial charge in [-0.25, -0.2) is 14.4 Å². The van der Waals surface area contributed by atoms with Crippen molar-refractivity contribution in [2.75, 3.05) is 20.3 Å². The first-order valence-electron chi connectivity index (χ1n) is 14.9. The number of amides is 1. The van der Waals surface area contributed by atoms with E-state index in [4.69, 9.17) is 14.5 Å². The van der Waals surface area contributed by atoms with E-state index in [0.29, 0.717) is 13.0 Å². The van der Waals surface area contributed by atoms with Gasteiger partial charge < -0.3 is 20.1 Å². The fourth-order valence-electron chi connectivity index (χ4n) is 6.10. The number of hydrogen-bond donors (Lipinski definition) is 2. The van der Waals surface area contributed by atoms with E-state index in [2.05, 4.69) is 49.4 Å². The summed E-state index contributed by atoms with van der Waals surface area (Å²) in [7, 11) is 1.51. The number of carbonyl (C=O) groups excluding carboxylic acids is 1. The molecule has 2 aromatic heterocycles. The predicted octanol–water partition coefficient (Wildman–Crippen LogP) is 6.28. The molecule has 0 saturated heterocycles. The highest BCUT2D eigenvalue weighted by atomic mass is 32.1. The van der Waals surface area contributed by atoms with E-state index in [1.54, 1.807) is 12.3 Å². The number of aromatic nitrogens is 2. The van der Waals surface area contributed by atoms with Gasteiger partial charge in [0.2, 0.25) is 11.8 Å². The molecule has 226 valence electrons. The van der Waals surface area contributed by atoms with Crippen molar-refractivity contribution in [3.8, 4) is 16.5 Å². The number of hydrogen-bond acceptors (Lipinski definition) is 7. The molecule has 3 atom stereocenters. The maximum atomic E-state index is 14.7. The number of rotatable bonds is 11. The van der Waals surface area contributed by atoms with Crippen LogP contribution >= 0.6 is 11.3 Å². The Balaban J connectivity index is 1.35. The molecular weight excluding hydrogens is 551 g/mol. The van der Waals surface area contributed by atoms with Crippen LogP contribution in [0, 0.1) is 17.2 Å². The van der Waals surface area contributed by atoms with Gasteiger partial charge in [-0.1, -0.05) is 27.7 Å². The number of halogens is 1. The number of benzene rings is 1. The van der Waals surface area contributed by atoms with Gasteiger partial charge >= 0.3 is 0 Å². The van der Waals surface area contributed by atoms with Gasteiger partial charge in [-0.15, -0.1) is 11.3 Å². The number of carbonyl (C=O) groups is 1. The molecule has 1 amide bonds. The van der Waals surface area contributed by atoms with Crippen LogP contribution in [0.1, 0.15) is 76.1 Å². The lowest BCUT2D eigenvalue weighted by Crippen LogP contribution is -2.51. The molecule has 1 aliphatic heterocycles. The number of nitrogens with one attached hydrogen (secondary N) is 2. The number of nitrogens with zero attached hydrogens (tertiary/aromatic N) is 2. The lowest BCUT2D eigenvalue weighted by molar-refractivity contribution is -0.125. The summed E-state index contributed by atoms with van der Waals surface area (Å²) in [4.78, 5) is 21.8. The Morgan fingerprint density at radius 1 is 1.21 bits per heavy atom. The third kappa shape index (κ3) is 7.54. The zero-order chi connectivity index (χ0) is 29.9. The first kappa shape index (κ1) is 30.6. The molecule has 3 aromatic rings. The zero-order valence-corrected chi connectivity index (χ0v) is 26.2. The Hall–Kier alpha value is -2.88. The third-order valence-electron chi connectivity index (χ3n) is 8.29. The Labute approximate surface area is 252 Å². The molecule has 0 bridgehead atoms. The van der Waals surface area contributed by atoms with E-state index >= 15 is 0 Å². The molecule has 3 heterocycles. The van der Waals surface area contributed by atoms with Crippen molar-refractivity contribution in [1.29, 1.82) is 0 Å². The summed E-state index contributed by atoms with van der Waals surface area (Å²) in [5, 5.41) is 9.62. The monoisotopic (exact) mass is 594 g/mol. The summed E-state index contributed by atoms with van der Waals surface area (Å²) in [5.41, 5.74) is 3.89. The second-order valence-electron chi connectivity index (χ2n) is 13.3. The smallest absolute Gasteiger partial charge is 0.246 e. The summed E-state index contributed by atoms with van der Waals surface area (Å²) in [6, 6.07) is 7.15. The molecular formula is C33H43FN4O3S. The Bertz CT molecular complexity index is 1370. The fourth-order valence-corrected chi connectivity index (χ4v) is 6.73. The van der Waals surface area contributed by atoms with Crippen LogP contribution < -0.4 is 15.4 Å². The summed E-state index contributed by atoms with van der Waals surface area (Å²) in [5.74, 6) is 0.287. The van der Waals surface area contributed by atoms with Crippen molar-refractivity contribution in [1.82, 2.24) is 20.6 Å². The van der Waals surface area contributed by atoms with Crippen LogP contribution in [0.4, 0.5) is 4.39 Å². The average Bonchev–Trinajstić information content (AvgIpc) is 3.44. The molecule has 1 aliphatic carbocycles. The predicted molar refractivity (Wildman–Crippen MR) is 164 cm³/mol. The first-order valence-corrected chi connectivity index (χ1v) is 15.8. The summed E-state index contributed by atoms with van der Waals surface area (Å²) in [6.07, 6.45) is 9.26. The van der Waals surface area contributed by atoms with Crippen LogP contribution in [0.3, 0.4) is 0 Å². The molecule has 1 spiro atoms. The van der Waals surface area contributed by atoms with E-state index < -0.39 is 0 Å². The topological polar surface area (TPSA) is 85.4 Å². The lowest BCUT2D eigenvalue weighted by atomic mass is 9.73. The Kier molecular flexibility index (Phi) is 9.30. The highest BCUT2D eigenvalue weighted by Crippen LogP contribution is 2.48. The minimum atomic E-state index is -0.311. The largest absolute Gasteiger partial charge is 0.471 e. The summed E-state index contributed by atoms with van der Waals surface area (Å²) < 4.78 is 26.2. The third-order valence-corrected chi connectivity index (χ3v) is 9.11. The summed E-state index contributed by atoms with van der Waals surface area (Å²) >= 11 is 1.47. The second kappa shape index (κ2) is 12.8. The molecule has 5 rings (SSSR count). The SMILES string of the molecule is COCC(=O)NC(Cc1cc(F)cc(-c2nccs2)c1)[C@H](C)CN[C@H]1CC2(CCC2)Oc2ncc(CC(C)(C)C)cc21. The molecule has 9 heteroatoms. The summed E-state index contributed by atoms with van der Waals surface area (Å²) in [6.45, 7) is 9.47. The van der Waals surface area contributed by atoms with Gasteiger partial charge in [0, 0.05) is 61.1 Å². The standard InChI is InChI=1S/C33H43FN4O3S/c1-21(27(38-29(39)20-40-5)14-22-11-24(15-25(34)12-22)31-35-9-10-42-31)18-36-28-17-33(7-6-8-33)41-30-26(28)13-23(19-37-30)16-32(2,3)4/h9-13,15,19,21,27-28,36H,6-8,14,16-18,20H2,1-5H3,(H,38,39)/t21-,27?,28+/m1/s1. The number of pyridine rings is 1. The van der Waals surface area contributed by atoms with E-state index in [0.717, 1.165) is 53.3 Å². The molecule has 2 N–H and O–H groups in total. The average molecular weight is 595 g/mol. The van der Waals surface area contributed by atoms with Crippen molar-refractivity contribution >= 4 is 17.2 Å². The molecule has 1 fully saturated rings. The Morgan fingerprint density at radius 2 is 2.02 bits per heavy atom. The van der Waals surface area contributed by atoms with E-state index in [1.807, 2.05) is 17.6 Å².